The van der Waals surface area contributed by atoms with E-state index in [9.17, 15) is 19.2 Å². The predicted octanol–water partition coefficient (Wildman–Crippen LogP) is 9.33. The molecule has 0 aliphatic carbocycles. The molecule has 0 aromatic heterocycles. The summed E-state index contributed by atoms with van der Waals surface area (Å²) >= 11 is 0. The van der Waals surface area contributed by atoms with Crippen LogP contribution in [0.25, 0.3) is 0 Å². The van der Waals surface area contributed by atoms with Gasteiger partial charge in [0, 0.05) is 104 Å². The Morgan fingerprint density at radius 3 is 0.833 bits per heavy atom. The molecular weight excluding hydrogens is 671 g/mol. The second-order valence-electron chi connectivity index (χ2n) is 14.5. The summed E-state index contributed by atoms with van der Waals surface area (Å²) in [4.78, 5) is 65.0. The molecule has 0 aliphatic heterocycles. The molecule has 5 aromatic rings. The van der Waals surface area contributed by atoms with E-state index >= 15 is 0 Å². The van der Waals surface area contributed by atoms with Crippen LogP contribution in [-0.2, 0) is 0 Å². The van der Waals surface area contributed by atoms with Gasteiger partial charge in [-0.3, -0.25) is 19.2 Å². The van der Waals surface area contributed by atoms with Gasteiger partial charge in [-0.1, -0.05) is 38.1 Å². The molecule has 0 heterocycles. The summed E-state index contributed by atoms with van der Waals surface area (Å²) < 4.78 is 0. The van der Waals surface area contributed by atoms with Crippen LogP contribution < -0.4 is 14.7 Å². The second-order valence-corrected chi connectivity index (χ2v) is 14.5. The fraction of sp³-hybridized carbons (Fsp3) is 0.277. The normalized spacial score (nSPS) is 11.0. The molecule has 0 spiro atoms. The van der Waals surface area contributed by atoms with Gasteiger partial charge in [0.2, 0.25) is 0 Å². The lowest BCUT2D eigenvalue weighted by Crippen LogP contribution is -2.23. The molecule has 0 unspecified atom stereocenters. The van der Waals surface area contributed by atoms with Crippen LogP contribution in [0, 0.1) is 13.8 Å². The maximum absolute atomic E-state index is 14.9. The SMILES string of the molecule is CCC(CC)c1ccc(C(=O)c2c(C)c(C(=O)c3ccc(N(C)C)cc3)c(C(=O)c3ccc(N(C)C)cc3)c(C)c2C(=O)c2ccc(N(C)C)cc2)cc1. The minimum Gasteiger partial charge on any atom is -0.378 e. The van der Waals surface area contributed by atoms with Crippen LogP contribution in [0.2, 0.25) is 0 Å². The summed E-state index contributed by atoms with van der Waals surface area (Å²) in [6.45, 7) is 7.66. The number of carbonyl (C=O) groups is 4. The highest BCUT2D eigenvalue weighted by Gasteiger charge is 2.34. The van der Waals surface area contributed by atoms with E-state index in [1.54, 1.807) is 62.4 Å². The van der Waals surface area contributed by atoms with Crippen molar-refractivity contribution < 1.29 is 19.2 Å². The standard InChI is InChI=1S/C47H51N3O4/c1-11-31(12-2)32-13-15-33(16-14-32)44(51)40-29(3)42(46(53)35-19-25-38(26-20-35)49(7)8)43(47(54)36-21-27-39(28-22-36)50(9)10)30(4)41(40)45(52)34-17-23-37(24-18-34)48(5)6/h13-28,31H,11-12H2,1-10H3. The van der Waals surface area contributed by atoms with Crippen LogP contribution in [0.15, 0.2) is 97.1 Å². The van der Waals surface area contributed by atoms with E-state index in [1.807, 2.05) is 106 Å². The Labute approximate surface area is 320 Å². The predicted molar refractivity (Wildman–Crippen MR) is 222 cm³/mol. The number of carbonyl (C=O) groups excluding carboxylic acids is 4. The molecule has 0 aliphatic rings. The summed E-state index contributed by atoms with van der Waals surface area (Å²) in [7, 11) is 11.5. The molecule has 0 saturated heterocycles. The van der Waals surface area contributed by atoms with Crippen molar-refractivity contribution in [3.05, 3.63) is 158 Å². The van der Waals surface area contributed by atoms with Crippen molar-refractivity contribution in [1.82, 2.24) is 0 Å². The van der Waals surface area contributed by atoms with Gasteiger partial charge in [-0.05, 0) is 122 Å². The number of ketones is 4. The smallest absolute Gasteiger partial charge is 0.194 e. The van der Waals surface area contributed by atoms with Crippen molar-refractivity contribution in [2.24, 2.45) is 0 Å². The topological polar surface area (TPSA) is 78.0 Å². The summed E-state index contributed by atoms with van der Waals surface area (Å²) in [5.41, 5.74) is 6.41. The number of nitrogens with zero attached hydrogens (tertiary/aromatic N) is 3. The van der Waals surface area contributed by atoms with Crippen molar-refractivity contribution in [1.29, 1.82) is 0 Å². The first-order valence-electron chi connectivity index (χ1n) is 18.5. The highest BCUT2D eigenvalue weighted by Crippen LogP contribution is 2.35. The van der Waals surface area contributed by atoms with Gasteiger partial charge < -0.3 is 14.7 Å². The van der Waals surface area contributed by atoms with Crippen molar-refractivity contribution in [3.63, 3.8) is 0 Å². The molecule has 0 saturated carbocycles. The average Bonchev–Trinajstić information content (AvgIpc) is 3.18. The number of hydrogen-bond acceptors (Lipinski definition) is 7. The lowest BCUT2D eigenvalue weighted by atomic mass is 9.78. The summed E-state index contributed by atoms with van der Waals surface area (Å²) in [6.07, 6.45) is 1.95. The van der Waals surface area contributed by atoms with E-state index in [1.165, 1.54) is 0 Å². The molecule has 5 aromatic carbocycles. The van der Waals surface area contributed by atoms with E-state index in [4.69, 9.17) is 0 Å². The molecule has 0 radical (unpaired) electrons. The van der Waals surface area contributed by atoms with Crippen LogP contribution in [0.3, 0.4) is 0 Å². The van der Waals surface area contributed by atoms with Crippen LogP contribution in [0.5, 0.6) is 0 Å². The summed E-state index contributed by atoms with van der Waals surface area (Å²) in [6, 6.07) is 29.0. The molecule has 0 N–H and O–H groups in total. The molecule has 5 rings (SSSR count). The molecule has 0 atom stereocenters. The first kappa shape index (κ1) is 39.4. The van der Waals surface area contributed by atoms with Crippen LogP contribution in [0.1, 0.15) is 113 Å². The number of anilines is 3. The molecule has 7 heteroatoms. The Bertz CT molecular complexity index is 2180. The van der Waals surface area contributed by atoms with Gasteiger partial charge in [0.05, 0.1) is 0 Å². The first-order chi connectivity index (χ1) is 25.7. The van der Waals surface area contributed by atoms with Gasteiger partial charge in [-0.2, -0.15) is 0 Å². The van der Waals surface area contributed by atoms with Crippen molar-refractivity contribution in [3.8, 4) is 0 Å². The average molecular weight is 722 g/mol. The largest absolute Gasteiger partial charge is 0.378 e. The molecule has 0 bridgehead atoms. The molecule has 7 nitrogen and oxygen atoms in total. The lowest BCUT2D eigenvalue weighted by molar-refractivity contribution is 0.0991. The number of hydrogen-bond donors (Lipinski definition) is 0. The van der Waals surface area contributed by atoms with Gasteiger partial charge in [-0.15, -0.1) is 0 Å². The lowest BCUT2D eigenvalue weighted by Gasteiger charge is -2.23. The number of benzene rings is 5. The van der Waals surface area contributed by atoms with Crippen molar-refractivity contribution in [2.45, 2.75) is 46.5 Å². The monoisotopic (exact) mass is 721 g/mol. The quantitative estimate of drug-likeness (QED) is 0.106. The Morgan fingerprint density at radius 1 is 0.407 bits per heavy atom. The Morgan fingerprint density at radius 2 is 0.630 bits per heavy atom. The maximum atomic E-state index is 14.9. The van der Waals surface area contributed by atoms with E-state index < -0.39 is 17.3 Å². The van der Waals surface area contributed by atoms with Crippen molar-refractivity contribution in [2.75, 3.05) is 57.0 Å². The summed E-state index contributed by atoms with van der Waals surface area (Å²) in [5, 5.41) is 0. The Kier molecular flexibility index (Phi) is 12.0. The Hall–Kier alpha value is -5.82. The third-order valence-corrected chi connectivity index (χ3v) is 10.5. The second kappa shape index (κ2) is 16.5. The van der Waals surface area contributed by atoms with Gasteiger partial charge in [0.25, 0.3) is 0 Å². The fourth-order valence-electron chi connectivity index (χ4n) is 7.11. The molecule has 54 heavy (non-hydrogen) atoms. The zero-order chi connectivity index (χ0) is 39.4. The number of rotatable bonds is 14. The minimum atomic E-state index is -0.403. The fourth-order valence-corrected chi connectivity index (χ4v) is 7.11. The van der Waals surface area contributed by atoms with E-state index in [-0.39, 0.29) is 39.2 Å². The van der Waals surface area contributed by atoms with Gasteiger partial charge in [-0.25, -0.2) is 0 Å². The maximum Gasteiger partial charge on any atom is 0.194 e. The molecule has 278 valence electrons. The zero-order valence-corrected chi connectivity index (χ0v) is 33.2. The van der Waals surface area contributed by atoms with Crippen molar-refractivity contribution >= 4 is 40.2 Å². The van der Waals surface area contributed by atoms with Crippen LogP contribution in [-0.4, -0.2) is 65.4 Å². The van der Waals surface area contributed by atoms with Gasteiger partial charge >= 0.3 is 0 Å². The third-order valence-electron chi connectivity index (χ3n) is 10.5. The first-order valence-corrected chi connectivity index (χ1v) is 18.5. The Balaban J connectivity index is 1.83. The molecule has 0 amide bonds. The highest BCUT2D eigenvalue weighted by atomic mass is 16.1. The van der Waals surface area contributed by atoms with E-state index in [2.05, 4.69) is 13.8 Å². The van der Waals surface area contributed by atoms with Gasteiger partial charge in [0.15, 0.2) is 23.1 Å². The molecular formula is C47H51N3O4. The van der Waals surface area contributed by atoms with E-state index in [0.717, 1.165) is 35.5 Å². The van der Waals surface area contributed by atoms with Crippen LogP contribution in [0.4, 0.5) is 17.1 Å². The van der Waals surface area contributed by atoms with Gasteiger partial charge in [0.1, 0.15) is 0 Å². The van der Waals surface area contributed by atoms with E-state index in [0.29, 0.717) is 28.2 Å². The molecule has 0 fully saturated rings. The third kappa shape index (κ3) is 7.76. The zero-order valence-electron chi connectivity index (χ0n) is 33.2. The summed E-state index contributed by atoms with van der Waals surface area (Å²) in [5.74, 6) is -1.22. The minimum absolute atomic E-state index is 0.112. The van der Waals surface area contributed by atoms with Crippen LogP contribution >= 0.6 is 0 Å². The highest BCUT2D eigenvalue weighted by molar-refractivity contribution is 6.27.